The van der Waals surface area contributed by atoms with Crippen LogP contribution in [0.2, 0.25) is 0 Å². The third-order valence-corrected chi connectivity index (χ3v) is 6.83. The predicted molar refractivity (Wildman–Crippen MR) is 114 cm³/mol. The SMILES string of the molecule is Cc1cccc(NS(=O)(=O)c2ccc(C(=O)NCCc3cccs3)cc2)c1C. The van der Waals surface area contributed by atoms with Crippen LogP contribution in [-0.2, 0) is 16.4 Å². The van der Waals surface area contributed by atoms with E-state index in [1.165, 1.54) is 29.1 Å². The first-order valence-electron chi connectivity index (χ1n) is 8.86. The molecule has 3 rings (SSSR count). The van der Waals surface area contributed by atoms with E-state index in [0.29, 0.717) is 17.8 Å². The van der Waals surface area contributed by atoms with Gasteiger partial charge in [0, 0.05) is 17.0 Å². The Morgan fingerprint density at radius 1 is 1.00 bits per heavy atom. The fraction of sp³-hybridized carbons (Fsp3) is 0.190. The van der Waals surface area contributed by atoms with E-state index in [2.05, 4.69) is 10.0 Å². The summed E-state index contributed by atoms with van der Waals surface area (Å²) in [4.78, 5) is 13.6. The average molecular weight is 415 g/mol. The van der Waals surface area contributed by atoms with Gasteiger partial charge in [-0.25, -0.2) is 8.42 Å². The summed E-state index contributed by atoms with van der Waals surface area (Å²) in [5.41, 5.74) is 2.87. The van der Waals surface area contributed by atoms with E-state index in [0.717, 1.165) is 17.5 Å². The smallest absolute Gasteiger partial charge is 0.261 e. The summed E-state index contributed by atoms with van der Waals surface area (Å²) in [7, 11) is -3.72. The van der Waals surface area contributed by atoms with Gasteiger partial charge in [-0.3, -0.25) is 9.52 Å². The lowest BCUT2D eigenvalue weighted by molar-refractivity contribution is 0.0954. The van der Waals surface area contributed by atoms with E-state index in [1.54, 1.807) is 17.4 Å². The number of thiophene rings is 1. The predicted octanol–water partition coefficient (Wildman–Crippen LogP) is 4.14. The summed E-state index contributed by atoms with van der Waals surface area (Å²) >= 11 is 1.65. The first-order valence-corrected chi connectivity index (χ1v) is 11.2. The quantitative estimate of drug-likeness (QED) is 0.610. The molecule has 0 saturated carbocycles. The molecule has 5 nitrogen and oxygen atoms in total. The Morgan fingerprint density at radius 3 is 2.43 bits per heavy atom. The standard InChI is InChI=1S/C21H22N2O3S2/c1-15-5-3-7-20(16(15)2)23-28(25,26)19-10-8-17(9-11-19)21(24)22-13-12-18-6-4-14-27-18/h3-11,14,23H,12-13H2,1-2H3,(H,22,24). The summed E-state index contributed by atoms with van der Waals surface area (Å²) in [6, 6.07) is 15.4. The second-order valence-electron chi connectivity index (χ2n) is 6.46. The number of hydrogen-bond donors (Lipinski definition) is 2. The van der Waals surface area contributed by atoms with E-state index in [1.807, 2.05) is 43.5 Å². The van der Waals surface area contributed by atoms with Crippen LogP contribution in [-0.4, -0.2) is 20.9 Å². The van der Waals surface area contributed by atoms with Gasteiger partial charge in [0.2, 0.25) is 0 Å². The highest BCUT2D eigenvalue weighted by Crippen LogP contribution is 2.22. The normalized spacial score (nSPS) is 11.2. The first kappa shape index (κ1) is 20.1. The van der Waals surface area contributed by atoms with Crippen molar-refractivity contribution in [1.29, 1.82) is 0 Å². The zero-order valence-electron chi connectivity index (χ0n) is 15.7. The molecule has 146 valence electrons. The van der Waals surface area contributed by atoms with Crippen molar-refractivity contribution < 1.29 is 13.2 Å². The molecule has 0 fully saturated rings. The molecule has 0 spiro atoms. The molecule has 1 amide bonds. The van der Waals surface area contributed by atoms with Crippen molar-refractivity contribution in [2.75, 3.05) is 11.3 Å². The van der Waals surface area contributed by atoms with Crippen LogP contribution < -0.4 is 10.0 Å². The molecule has 2 N–H and O–H groups in total. The van der Waals surface area contributed by atoms with Crippen LogP contribution in [0.3, 0.4) is 0 Å². The number of anilines is 1. The molecule has 1 aromatic heterocycles. The summed E-state index contributed by atoms with van der Waals surface area (Å²) < 4.78 is 27.9. The molecule has 7 heteroatoms. The second kappa shape index (κ2) is 8.58. The fourth-order valence-corrected chi connectivity index (χ4v) is 4.54. The lowest BCUT2D eigenvalue weighted by Gasteiger charge is -2.12. The molecule has 0 unspecified atom stereocenters. The topological polar surface area (TPSA) is 75.3 Å². The number of hydrogen-bond acceptors (Lipinski definition) is 4. The molecule has 28 heavy (non-hydrogen) atoms. The lowest BCUT2D eigenvalue weighted by Crippen LogP contribution is -2.25. The number of nitrogens with one attached hydrogen (secondary N) is 2. The maximum atomic E-state index is 12.6. The van der Waals surface area contributed by atoms with Gasteiger partial charge in [0.25, 0.3) is 15.9 Å². The molecule has 0 radical (unpaired) electrons. The van der Waals surface area contributed by atoms with Crippen molar-refractivity contribution in [2.24, 2.45) is 0 Å². The number of amides is 1. The second-order valence-corrected chi connectivity index (χ2v) is 9.18. The monoisotopic (exact) mass is 414 g/mol. The molecule has 0 bridgehead atoms. The minimum Gasteiger partial charge on any atom is -0.352 e. The molecule has 2 aromatic carbocycles. The van der Waals surface area contributed by atoms with Gasteiger partial charge in [0.15, 0.2) is 0 Å². The van der Waals surface area contributed by atoms with Gasteiger partial charge in [-0.05, 0) is 73.2 Å². The van der Waals surface area contributed by atoms with E-state index < -0.39 is 10.0 Å². The molecule has 0 aliphatic rings. The molecule has 0 aliphatic carbocycles. The van der Waals surface area contributed by atoms with Gasteiger partial charge >= 0.3 is 0 Å². The van der Waals surface area contributed by atoms with E-state index >= 15 is 0 Å². The molecule has 3 aromatic rings. The maximum Gasteiger partial charge on any atom is 0.261 e. The van der Waals surface area contributed by atoms with Crippen molar-refractivity contribution in [3.63, 3.8) is 0 Å². The Kier molecular flexibility index (Phi) is 6.16. The minimum atomic E-state index is -3.72. The molecule has 1 heterocycles. The summed E-state index contributed by atoms with van der Waals surface area (Å²) in [6.07, 6.45) is 0.773. The lowest BCUT2D eigenvalue weighted by atomic mass is 10.1. The third kappa shape index (κ3) is 4.79. The number of aryl methyl sites for hydroxylation is 1. The third-order valence-electron chi connectivity index (χ3n) is 4.51. The van der Waals surface area contributed by atoms with Gasteiger partial charge in [-0.15, -0.1) is 11.3 Å². The Labute approximate surface area is 169 Å². The van der Waals surface area contributed by atoms with Gasteiger partial charge < -0.3 is 5.32 Å². The highest BCUT2D eigenvalue weighted by atomic mass is 32.2. The Bertz CT molecular complexity index is 1060. The molecular weight excluding hydrogens is 392 g/mol. The maximum absolute atomic E-state index is 12.6. The van der Waals surface area contributed by atoms with Crippen LogP contribution in [0.1, 0.15) is 26.4 Å². The van der Waals surface area contributed by atoms with Crippen molar-refractivity contribution in [3.05, 3.63) is 81.5 Å². The highest BCUT2D eigenvalue weighted by molar-refractivity contribution is 7.92. The van der Waals surface area contributed by atoms with Gasteiger partial charge in [-0.2, -0.15) is 0 Å². The van der Waals surface area contributed by atoms with E-state index in [9.17, 15) is 13.2 Å². The summed E-state index contributed by atoms with van der Waals surface area (Å²) in [6.45, 7) is 4.34. The first-order chi connectivity index (χ1) is 13.4. The van der Waals surface area contributed by atoms with Crippen molar-refractivity contribution in [3.8, 4) is 0 Å². The minimum absolute atomic E-state index is 0.114. The van der Waals surface area contributed by atoms with Crippen LogP contribution in [0.25, 0.3) is 0 Å². The van der Waals surface area contributed by atoms with Crippen LogP contribution >= 0.6 is 11.3 Å². The van der Waals surface area contributed by atoms with Crippen molar-refractivity contribution >= 4 is 33.0 Å². The zero-order valence-corrected chi connectivity index (χ0v) is 17.4. The van der Waals surface area contributed by atoms with Gasteiger partial charge in [-0.1, -0.05) is 18.2 Å². The van der Waals surface area contributed by atoms with Crippen LogP contribution in [0, 0.1) is 13.8 Å². The van der Waals surface area contributed by atoms with Crippen LogP contribution in [0.15, 0.2) is 64.9 Å². The largest absolute Gasteiger partial charge is 0.352 e. The number of benzene rings is 2. The van der Waals surface area contributed by atoms with E-state index in [4.69, 9.17) is 0 Å². The molecule has 0 aliphatic heterocycles. The van der Waals surface area contributed by atoms with Crippen LogP contribution in [0.5, 0.6) is 0 Å². The Balaban J connectivity index is 1.65. The molecule has 0 saturated heterocycles. The average Bonchev–Trinajstić information content (AvgIpc) is 3.19. The number of carbonyl (C=O) groups excluding carboxylic acids is 1. The van der Waals surface area contributed by atoms with E-state index in [-0.39, 0.29) is 10.8 Å². The highest BCUT2D eigenvalue weighted by Gasteiger charge is 2.16. The fourth-order valence-electron chi connectivity index (χ4n) is 2.71. The van der Waals surface area contributed by atoms with Crippen molar-refractivity contribution in [1.82, 2.24) is 5.32 Å². The summed E-state index contributed by atoms with van der Waals surface area (Å²) in [5.74, 6) is -0.219. The number of sulfonamides is 1. The Morgan fingerprint density at radius 2 is 1.75 bits per heavy atom. The van der Waals surface area contributed by atoms with Crippen LogP contribution in [0.4, 0.5) is 5.69 Å². The zero-order chi connectivity index (χ0) is 20.1. The van der Waals surface area contributed by atoms with Gasteiger partial charge in [0.1, 0.15) is 0 Å². The molecular formula is C21H22N2O3S2. The van der Waals surface area contributed by atoms with Crippen molar-refractivity contribution in [2.45, 2.75) is 25.2 Å². The number of carbonyl (C=O) groups is 1. The van der Waals surface area contributed by atoms with Gasteiger partial charge in [0.05, 0.1) is 10.6 Å². The summed E-state index contributed by atoms with van der Waals surface area (Å²) in [5, 5.41) is 4.85. The molecule has 0 atom stereocenters. The Hall–Kier alpha value is -2.64. The number of rotatable bonds is 7.